The van der Waals surface area contributed by atoms with Crippen LogP contribution in [0.5, 0.6) is 5.75 Å². The molecule has 3 rings (SSSR count). The third-order valence-corrected chi connectivity index (χ3v) is 5.32. The molecule has 0 bridgehead atoms. The molecule has 24 heavy (non-hydrogen) atoms. The number of hydrogen-bond donors (Lipinski definition) is 0. The molecule has 0 saturated carbocycles. The summed E-state index contributed by atoms with van der Waals surface area (Å²) in [6.07, 6.45) is 3.87. The molecule has 5 nitrogen and oxygen atoms in total. The molecule has 1 amide bonds. The molecule has 0 spiro atoms. The Balaban J connectivity index is 1.60. The van der Waals surface area contributed by atoms with Gasteiger partial charge in [-0.05, 0) is 39.7 Å². The van der Waals surface area contributed by atoms with Crippen LogP contribution in [0.2, 0.25) is 0 Å². The zero-order chi connectivity index (χ0) is 17.1. The maximum Gasteiger partial charge on any atom is 0.265 e. The van der Waals surface area contributed by atoms with Crippen LogP contribution in [-0.2, 0) is 0 Å². The second kappa shape index (κ2) is 7.30. The second-order valence-corrected chi connectivity index (χ2v) is 7.55. The minimum absolute atomic E-state index is 0.113. The van der Waals surface area contributed by atoms with Crippen LogP contribution in [0.1, 0.15) is 38.9 Å². The first-order valence-electron chi connectivity index (χ1n) is 8.31. The Bertz CT molecular complexity index is 729. The molecule has 3 heterocycles. The average Bonchev–Trinajstić information content (AvgIpc) is 2.91. The van der Waals surface area contributed by atoms with Crippen LogP contribution in [0.4, 0.5) is 0 Å². The monoisotopic (exact) mass is 345 g/mol. The third kappa shape index (κ3) is 3.93. The zero-order valence-electron chi connectivity index (χ0n) is 14.4. The van der Waals surface area contributed by atoms with Crippen LogP contribution < -0.4 is 4.74 Å². The molecule has 2 aromatic heterocycles. The number of ether oxygens (including phenoxy) is 1. The van der Waals surface area contributed by atoms with Crippen molar-refractivity contribution < 1.29 is 9.53 Å². The van der Waals surface area contributed by atoms with Gasteiger partial charge in [0, 0.05) is 37.0 Å². The minimum Gasteiger partial charge on any atom is -0.493 e. The molecular weight excluding hydrogens is 322 g/mol. The lowest BCUT2D eigenvalue weighted by molar-refractivity contribution is 0.0637. The van der Waals surface area contributed by atoms with Crippen LogP contribution in [0.25, 0.3) is 0 Å². The van der Waals surface area contributed by atoms with Gasteiger partial charge in [-0.3, -0.25) is 9.78 Å². The molecule has 0 aromatic carbocycles. The summed E-state index contributed by atoms with van der Waals surface area (Å²) in [5.41, 5.74) is 1.79. The number of amides is 1. The predicted octanol–water partition coefficient (Wildman–Crippen LogP) is 3.39. The lowest BCUT2D eigenvalue weighted by Crippen LogP contribution is -2.41. The van der Waals surface area contributed by atoms with Crippen LogP contribution in [0, 0.1) is 26.7 Å². The molecule has 6 heteroatoms. The van der Waals surface area contributed by atoms with E-state index >= 15 is 0 Å². The van der Waals surface area contributed by atoms with E-state index in [0.29, 0.717) is 12.5 Å². The Morgan fingerprint density at radius 1 is 1.42 bits per heavy atom. The number of thiazole rings is 1. The van der Waals surface area contributed by atoms with Gasteiger partial charge in [0.25, 0.3) is 5.91 Å². The Kier molecular flexibility index (Phi) is 5.14. The van der Waals surface area contributed by atoms with Crippen LogP contribution in [0.3, 0.4) is 0 Å². The van der Waals surface area contributed by atoms with E-state index in [1.807, 2.05) is 37.8 Å². The van der Waals surface area contributed by atoms with E-state index in [-0.39, 0.29) is 5.91 Å². The standard InChI is InChI=1S/C18H23N3O2S/c1-12-9-16(6-7-19-12)23-11-15-5-4-8-21(10-15)18(22)17-13(2)20-14(3)24-17/h6-7,9,15H,4-5,8,10-11H2,1-3H3. The highest BCUT2D eigenvalue weighted by Gasteiger charge is 2.27. The van der Waals surface area contributed by atoms with Crippen LogP contribution >= 0.6 is 11.3 Å². The molecule has 1 unspecified atom stereocenters. The van der Waals surface area contributed by atoms with Crippen molar-refractivity contribution in [3.05, 3.63) is 39.6 Å². The van der Waals surface area contributed by atoms with Crippen LogP contribution in [0.15, 0.2) is 18.3 Å². The molecule has 128 valence electrons. The Morgan fingerprint density at radius 2 is 2.25 bits per heavy atom. The van der Waals surface area contributed by atoms with E-state index in [1.165, 1.54) is 11.3 Å². The molecule has 1 saturated heterocycles. The fourth-order valence-electron chi connectivity index (χ4n) is 3.08. The fourth-order valence-corrected chi connectivity index (χ4v) is 3.97. The smallest absolute Gasteiger partial charge is 0.265 e. The number of aromatic nitrogens is 2. The Labute approximate surface area is 146 Å². The first-order valence-corrected chi connectivity index (χ1v) is 9.13. The highest BCUT2D eigenvalue weighted by Crippen LogP contribution is 2.24. The van der Waals surface area contributed by atoms with Gasteiger partial charge in [-0.1, -0.05) is 0 Å². The van der Waals surface area contributed by atoms with E-state index in [0.717, 1.165) is 53.0 Å². The zero-order valence-corrected chi connectivity index (χ0v) is 15.2. The van der Waals surface area contributed by atoms with E-state index in [2.05, 4.69) is 9.97 Å². The summed E-state index contributed by atoms with van der Waals surface area (Å²) in [5, 5.41) is 0.945. The number of pyridine rings is 1. The Morgan fingerprint density at radius 3 is 2.96 bits per heavy atom. The normalized spacial score (nSPS) is 17.8. The predicted molar refractivity (Wildman–Crippen MR) is 94.7 cm³/mol. The van der Waals surface area contributed by atoms with Crippen molar-refractivity contribution in [2.24, 2.45) is 5.92 Å². The van der Waals surface area contributed by atoms with Gasteiger partial charge in [-0.25, -0.2) is 4.98 Å². The lowest BCUT2D eigenvalue weighted by Gasteiger charge is -2.32. The maximum atomic E-state index is 12.7. The van der Waals surface area contributed by atoms with E-state index in [9.17, 15) is 4.79 Å². The number of piperidine rings is 1. The minimum atomic E-state index is 0.113. The second-order valence-electron chi connectivity index (χ2n) is 6.35. The summed E-state index contributed by atoms with van der Waals surface area (Å²) in [7, 11) is 0. The Hall–Kier alpha value is -1.95. The van der Waals surface area contributed by atoms with Crippen LogP contribution in [-0.4, -0.2) is 40.5 Å². The van der Waals surface area contributed by atoms with Crippen molar-refractivity contribution >= 4 is 17.2 Å². The topological polar surface area (TPSA) is 55.3 Å². The van der Waals surface area contributed by atoms with Gasteiger partial charge in [-0.15, -0.1) is 11.3 Å². The molecule has 0 N–H and O–H groups in total. The summed E-state index contributed by atoms with van der Waals surface area (Å²) >= 11 is 1.49. The highest BCUT2D eigenvalue weighted by atomic mass is 32.1. The summed E-state index contributed by atoms with van der Waals surface area (Å²) in [6, 6.07) is 3.82. The van der Waals surface area contributed by atoms with Crippen molar-refractivity contribution in [2.45, 2.75) is 33.6 Å². The van der Waals surface area contributed by atoms with Gasteiger partial charge >= 0.3 is 0 Å². The molecule has 1 aliphatic heterocycles. The molecule has 0 radical (unpaired) electrons. The number of carbonyl (C=O) groups excluding carboxylic acids is 1. The van der Waals surface area contributed by atoms with Crippen molar-refractivity contribution in [3.8, 4) is 5.75 Å². The third-order valence-electron chi connectivity index (χ3n) is 4.26. The number of aryl methyl sites for hydroxylation is 3. The van der Waals surface area contributed by atoms with Crippen molar-refractivity contribution in [3.63, 3.8) is 0 Å². The van der Waals surface area contributed by atoms with Crippen molar-refractivity contribution in [1.29, 1.82) is 0 Å². The van der Waals surface area contributed by atoms with Gasteiger partial charge in [0.05, 0.1) is 17.3 Å². The maximum absolute atomic E-state index is 12.7. The first-order chi connectivity index (χ1) is 11.5. The molecule has 1 atom stereocenters. The quantitative estimate of drug-likeness (QED) is 0.852. The van der Waals surface area contributed by atoms with Crippen molar-refractivity contribution in [1.82, 2.24) is 14.9 Å². The number of carbonyl (C=O) groups is 1. The first kappa shape index (κ1) is 16.9. The lowest BCUT2D eigenvalue weighted by atomic mass is 9.98. The number of nitrogens with zero attached hydrogens (tertiary/aromatic N) is 3. The van der Waals surface area contributed by atoms with E-state index in [4.69, 9.17) is 4.74 Å². The fraction of sp³-hybridized carbons (Fsp3) is 0.500. The molecule has 1 fully saturated rings. The van der Waals surface area contributed by atoms with Gasteiger partial charge in [-0.2, -0.15) is 0 Å². The number of rotatable bonds is 4. The molecular formula is C18H23N3O2S. The summed E-state index contributed by atoms with van der Waals surface area (Å²) in [4.78, 5) is 24.0. The van der Waals surface area contributed by atoms with Gasteiger partial charge in [0.2, 0.25) is 0 Å². The molecule has 2 aromatic rings. The van der Waals surface area contributed by atoms with Gasteiger partial charge in [0.15, 0.2) is 0 Å². The largest absolute Gasteiger partial charge is 0.493 e. The molecule has 0 aliphatic carbocycles. The summed E-state index contributed by atoms with van der Waals surface area (Å²) < 4.78 is 5.90. The van der Waals surface area contributed by atoms with E-state index in [1.54, 1.807) is 6.20 Å². The van der Waals surface area contributed by atoms with E-state index < -0.39 is 0 Å². The number of hydrogen-bond acceptors (Lipinski definition) is 5. The summed E-state index contributed by atoms with van der Waals surface area (Å²) in [5.74, 6) is 1.33. The van der Waals surface area contributed by atoms with Gasteiger partial charge < -0.3 is 9.64 Å². The molecule has 1 aliphatic rings. The highest BCUT2D eigenvalue weighted by molar-refractivity contribution is 7.13. The number of likely N-dealkylation sites (tertiary alicyclic amines) is 1. The summed E-state index contributed by atoms with van der Waals surface area (Å²) in [6.45, 7) is 8.01. The SMILES string of the molecule is Cc1cc(OCC2CCCN(C(=O)c3sc(C)nc3C)C2)ccn1. The van der Waals surface area contributed by atoms with Crippen molar-refractivity contribution in [2.75, 3.05) is 19.7 Å². The average molecular weight is 345 g/mol. The van der Waals surface area contributed by atoms with Gasteiger partial charge in [0.1, 0.15) is 10.6 Å².